The van der Waals surface area contributed by atoms with Gasteiger partial charge < -0.3 is 15.2 Å². The molecule has 0 saturated carbocycles. The lowest BCUT2D eigenvalue weighted by atomic mass is 9.73. The van der Waals surface area contributed by atoms with Crippen LogP contribution in [0.4, 0.5) is 0 Å². The summed E-state index contributed by atoms with van der Waals surface area (Å²) in [6.45, 7) is 12.3. The molecule has 0 rings (SSSR count). The van der Waals surface area contributed by atoms with Gasteiger partial charge in [0.1, 0.15) is 7.85 Å². The van der Waals surface area contributed by atoms with Gasteiger partial charge in [-0.1, -0.05) is 13.8 Å². The van der Waals surface area contributed by atoms with Crippen LogP contribution in [0.15, 0.2) is 0 Å². The van der Waals surface area contributed by atoms with Gasteiger partial charge >= 0.3 is 0 Å². The number of nitrogens with two attached hydrogens (primary N) is 1. The van der Waals surface area contributed by atoms with Crippen molar-refractivity contribution in [3.8, 4) is 0 Å². The molecule has 0 spiro atoms. The first-order valence-electron chi connectivity index (χ1n) is 5.40. The van der Waals surface area contributed by atoms with Gasteiger partial charge in [-0.15, -0.1) is 0 Å². The van der Waals surface area contributed by atoms with Crippen molar-refractivity contribution in [3.63, 3.8) is 0 Å². The molecule has 0 fully saturated rings. The second kappa shape index (κ2) is 5.33. The fraction of sp³-hybridized carbons (Fsp3) is 1.00. The summed E-state index contributed by atoms with van der Waals surface area (Å²) in [5, 5.41) is 0. The minimum atomic E-state index is -0.351. The first-order valence-corrected chi connectivity index (χ1v) is 5.40. The zero-order valence-electron chi connectivity index (χ0n) is 10.8. The Morgan fingerprint density at radius 1 is 1.20 bits per heavy atom. The minimum Gasteiger partial charge on any atom is -0.385 e. The maximum Gasteiger partial charge on any atom is 0.108 e. The number of hydrogen-bond acceptors (Lipinski definition) is 3. The van der Waals surface area contributed by atoms with E-state index in [4.69, 9.17) is 23.1 Å². The predicted octanol–water partition coefficient (Wildman–Crippen LogP) is 1.64. The van der Waals surface area contributed by atoms with Crippen molar-refractivity contribution in [3.05, 3.63) is 0 Å². The van der Waals surface area contributed by atoms with Crippen LogP contribution in [0.1, 0.15) is 41.5 Å². The first-order chi connectivity index (χ1) is 6.65. The van der Waals surface area contributed by atoms with Crippen molar-refractivity contribution in [2.45, 2.75) is 59.3 Å². The Balaban J connectivity index is 4.63. The lowest BCUT2D eigenvalue weighted by Gasteiger charge is -2.45. The lowest BCUT2D eigenvalue weighted by molar-refractivity contribution is -0.155. The van der Waals surface area contributed by atoms with Crippen molar-refractivity contribution >= 4 is 7.85 Å². The predicted molar refractivity (Wildman–Crippen MR) is 63.8 cm³/mol. The smallest absolute Gasteiger partial charge is 0.108 e. The molecule has 0 aliphatic rings. The highest BCUT2D eigenvalue weighted by atomic mass is 16.5. The standard InChI is InChI=1S/C11H24BNO2/c1-8(15-9(2)12)10(3,4)11(5,6)14-7-13/h8-9H,7,13H2,1-6H3. The number of ether oxygens (including phenoxy) is 2. The van der Waals surface area contributed by atoms with Crippen LogP contribution >= 0.6 is 0 Å². The molecule has 0 aromatic heterocycles. The maximum atomic E-state index is 5.62. The Bertz CT molecular complexity index is 193. The van der Waals surface area contributed by atoms with E-state index in [1.165, 1.54) is 0 Å². The monoisotopic (exact) mass is 213 g/mol. The largest absolute Gasteiger partial charge is 0.385 e. The summed E-state index contributed by atoms with van der Waals surface area (Å²) in [7, 11) is 5.62. The summed E-state index contributed by atoms with van der Waals surface area (Å²) in [6.07, 6.45) is -0.000880. The first kappa shape index (κ1) is 14.9. The van der Waals surface area contributed by atoms with Gasteiger partial charge in [0.15, 0.2) is 0 Å². The zero-order valence-corrected chi connectivity index (χ0v) is 10.8. The molecule has 0 aromatic rings. The van der Waals surface area contributed by atoms with E-state index in [1.807, 2.05) is 27.7 Å². The van der Waals surface area contributed by atoms with Crippen LogP contribution in [0.5, 0.6) is 0 Å². The number of rotatable bonds is 6. The Morgan fingerprint density at radius 2 is 1.67 bits per heavy atom. The van der Waals surface area contributed by atoms with Crippen molar-refractivity contribution in [1.82, 2.24) is 0 Å². The van der Waals surface area contributed by atoms with E-state index in [2.05, 4.69) is 13.8 Å². The molecular weight excluding hydrogens is 189 g/mol. The van der Waals surface area contributed by atoms with E-state index in [0.29, 0.717) is 0 Å². The Hall–Kier alpha value is -0.0551. The van der Waals surface area contributed by atoms with Crippen molar-refractivity contribution in [2.75, 3.05) is 6.73 Å². The Kier molecular flexibility index (Phi) is 5.31. The van der Waals surface area contributed by atoms with Gasteiger partial charge in [-0.25, -0.2) is 0 Å². The molecule has 0 aliphatic carbocycles. The zero-order chi connectivity index (χ0) is 12.3. The third-order valence-corrected chi connectivity index (χ3v) is 3.43. The summed E-state index contributed by atoms with van der Waals surface area (Å²) in [5.41, 5.74) is 4.91. The average Bonchev–Trinajstić information content (AvgIpc) is 2.02. The Labute approximate surface area is 95.1 Å². The summed E-state index contributed by atoms with van der Waals surface area (Å²) >= 11 is 0. The van der Waals surface area contributed by atoms with E-state index in [-0.39, 0.29) is 29.9 Å². The Morgan fingerprint density at radius 3 is 2.00 bits per heavy atom. The van der Waals surface area contributed by atoms with Crippen LogP contribution < -0.4 is 5.73 Å². The topological polar surface area (TPSA) is 44.5 Å². The van der Waals surface area contributed by atoms with E-state index >= 15 is 0 Å². The lowest BCUT2D eigenvalue weighted by Crippen LogP contribution is -2.50. The maximum absolute atomic E-state index is 5.62. The molecular formula is C11H24BNO2. The van der Waals surface area contributed by atoms with Crippen molar-refractivity contribution < 1.29 is 9.47 Å². The molecule has 0 aliphatic heterocycles. The van der Waals surface area contributed by atoms with E-state index in [1.54, 1.807) is 0 Å². The average molecular weight is 213 g/mol. The van der Waals surface area contributed by atoms with Crippen LogP contribution in [0, 0.1) is 5.41 Å². The summed E-state index contributed by atoms with van der Waals surface area (Å²) in [4.78, 5) is 0. The third kappa shape index (κ3) is 3.78. The van der Waals surface area contributed by atoms with Crippen LogP contribution in [0.3, 0.4) is 0 Å². The SMILES string of the molecule is [B]C(C)OC(C)C(C)(C)C(C)(C)OCN. The van der Waals surface area contributed by atoms with Gasteiger partial charge in [0.05, 0.1) is 18.4 Å². The minimum absolute atomic E-state index is 0.000880. The molecule has 0 saturated heterocycles. The third-order valence-electron chi connectivity index (χ3n) is 3.43. The van der Waals surface area contributed by atoms with Crippen LogP contribution in [-0.2, 0) is 9.47 Å². The second-order valence-electron chi connectivity index (χ2n) is 5.03. The molecule has 4 heteroatoms. The quantitative estimate of drug-likeness (QED) is 0.538. The fourth-order valence-electron chi connectivity index (χ4n) is 1.38. The van der Waals surface area contributed by atoms with Crippen LogP contribution in [0.2, 0.25) is 0 Å². The van der Waals surface area contributed by atoms with E-state index in [0.717, 1.165) is 0 Å². The number of hydrogen-bond donors (Lipinski definition) is 1. The fourth-order valence-corrected chi connectivity index (χ4v) is 1.38. The van der Waals surface area contributed by atoms with Gasteiger partial charge in [0.25, 0.3) is 0 Å². The molecule has 2 radical (unpaired) electrons. The highest BCUT2D eigenvalue weighted by Crippen LogP contribution is 2.38. The molecule has 0 aromatic carbocycles. The summed E-state index contributed by atoms with van der Waals surface area (Å²) in [5.74, 6) is 0. The highest BCUT2D eigenvalue weighted by molar-refractivity contribution is 6.10. The molecule has 3 nitrogen and oxygen atoms in total. The van der Waals surface area contributed by atoms with Gasteiger partial charge in [0.2, 0.25) is 0 Å². The highest BCUT2D eigenvalue weighted by Gasteiger charge is 2.42. The molecule has 88 valence electrons. The van der Waals surface area contributed by atoms with Crippen LogP contribution in [0.25, 0.3) is 0 Å². The normalized spacial score (nSPS) is 17.5. The van der Waals surface area contributed by atoms with Gasteiger partial charge in [0, 0.05) is 11.4 Å². The molecule has 0 heterocycles. The summed E-state index contributed by atoms with van der Waals surface area (Å²) in [6, 6.07) is -0.270. The van der Waals surface area contributed by atoms with E-state index < -0.39 is 0 Å². The molecule has 2 unspecified atom stereocenters. The van der Waals surface area contributed by atoms with Gasteiger partial charge in [-0.3, -0.25) is 0 Å². The van der Waals surface area contributed by atoms with Crippen molar-refractivity contribution in [2.24, 2.45) is 11.1 Å². The van der Waals surface area contributed by atoms with Gasteiger partial charge in [-0.05, 0) is 27.7 Å². The van der Waals surface area contributed by atoms with Crippen LogP contribution in [-0.4, -0.2) is 32.3 Å². The van der Waals surface area contributed by atoms with Crippen molar-refractivity contribution in [1.29, 1.82) is 0 Å². The molecule has 0 amide bonds. The molecule has 0 bridgehead atoms. The molecule has 2 N–H and O–H groups in total. The van der Waals surface area contributed by atoms with Gasteiger partial charge in [-0.2, -0.15) is 0 Å². The molecule has 2 atom stereocenters. The molecule has 15 heavy (non-hydrogen) atoms. The second-order valence-corrected chi connectivity index (χ2v) is 5.03. The van der Waals surface area contributed by atoms with E-state index in [9.17, 15) is 0 Å². The summed E-state index contributed by atoms with van der Waals surface area (Å²) < 4.78 is 11.2.